The molecule has 1 amide bonds. The fourth-order valence-corrected chi connectivity index (χ4v) is 1.26. The third kappa shape index (κ3) is 8.77. The summed E-state index contributed by atoms with van der Waals surface area (Å²) in [4.78, 5) is 22.3. The smallest absolute Gasteiger partial charge is 0.408 e. The lowest BCUT2D eigenvalue weighted by atomic mass is 10.1. The third-order valence-corrected chi connectivity index (χ3v) is 2.02. The van der Waals surface area contributed by atoms with Gasteiger partial charge in [0.25, 0.3) is 0 Å². The maximum Gasteiger partial charge on any atom is 0.408 e. The van der Waals surface area contributed by atoms with Gasteiger partial charge in [-0.15, -0.1) is 0 Å². The molecular weight excluding hydrogens is 240 g/mol. The molecule has 0 radical (unpaired) electrons. The van der Waals surface area contributed by atoms with Crippen molar-refractivity contribution in [3.63, 3.8) is 0 Å². The van der Waals surface area contributed by atoms with E-state index >= 15 is 0 Å². The van der Waals surface area contributed by atoms with Crippen LogP contribution in [0.5, 0.6) is 0 Å². The Morgan fingerprint density at radius 1 is 1.28 bits per heavy atom. The molecule has 0 bridgehead atoms. The fourth-order valence-electron chi connectivity index (χ4n) is 1.26. The van der Waals surface area contributed by atoms with Gasteiger partial charge in [0.1, 0.15) is 11.6 Å². The number of hydroxylamine groups is 1. The lowest BCUT2D eigenvalue weighted by Crippen LogP contribution is -2.43. The number of alkyl carbamates (subject to hydrolysis) is 1. The first kappa shape index (κ1) is 16.7. The molecule has 1 atom stereocenters. The summed E-state index contributed by atoms with van der Waals surface area (Å²) in [6, 6.07) is -0.974. The number of rotatable bonds is 7. The van der Waals surface area contributed by atoms with E-state index in [4.69, 9.17) is 15.1 Å². The molecule has 0 saturated heterocycles. The highest BCUT2D eigenvalue weighted by Crippen LogP contribution is 2.08. The Labute approximate surface area is 106 Å². The second-order valence-electron chi connectivity index (χ2n) is 4.94. The van der Waals surface area contributed by atoms with Crippen molar-refractivity contribution in [1.82, 2.24) is 10.8 Å². The molecule has 4 N–H and O–H groups in total. The average Bonchev–Trinajstić information content (AvgIpc) is 2.19. The van der Waals surface area contributed by atoms with E-state index < -0.39 is 23.7 Å². The number of aliphatic carboxylic acids is 1. The van der Waals surface area contributed by atoms with Crippen molar-refractivity contribution in [2.24, 2.45) is 0 Å². The Bertz CT molecular complexity index is 275. The number of carbonyl (C=O) groups excluding carboxylic acids is 1. The molecule has 0 unspecified atom stereocenters. The molecule has 18 heavy (non-hydrogen) atoms. The van der Waals surface area contributed by atoms with Crippen LogP contribution < -0.4 is 10.8 Å². The maximum atomic E-state index is 11.4. The molecule has 0 saturated carbocycles. The number of hydrogen-bond donors (Lipinski definition) is 4. The predicted molar refractivity (Wildman–Crippen MR) is 64.4 cm³/mol. The van der Waals surface area contributed by atoms with Gasteiger partial charge in [0.2, 0.25) is 0 Å². The van der Waals surface area contributed by atoms with E-state index in [0.717, 1.165) is 0 Å². The number of carboxylic acids is 1. The monoisotopic (exact) mass is 262 g/mol. The highest BCUT2D eigenvalue weighted by Gasteiger charge is 2.23. The van der Waals surface area contributed by atoms with Gasteiger partial charge in [-0.1, -0.05) is 0 Å². The molecule has 0 rings (SSSR count). The summed E-state index contributed by atoms with van der Waals surface area (Å²) in [5.41, 5.74) is 1.32. The molecule has 0 aliphatic heterocycles. The van der Waals surface area contributed by atoms with Crippen LogP contribution >= 0.6 is 0 Å². The van der Waals surface area contributed by atoms with Crippen LogP contribution in [0, 0.1) is 0 Å². The summed E-state index contributed by atoms with van der Waals surface area (Å²) in [7, 11) is 0. The molecule has 0 aromatic heterocycles. The average molecular weight is 262 g/mol. The van der Waals surface area contributed by atoms with Gasteiger partial charge in [-0.3, -0.25) is 0 Å². The van der Waals surface area contributed by atoms with Crippen LogP contribution in [-0.2, 0) is 9.53 Å². The summed E-state index contributed by atoms with van der Waals surface area (Å²) < 4.78 is 4.98. The lowest BCUT2D eigenvalue weighted by molar-refractivity contribution is -0.139. The summed E-state index contributed by atoms with van der Waals surface area (Å²) in [5, 5.41) is 19.6. The first-order chi connectivity index (χ1) is 8.26. The predicted octanol–water partition coefficient (Wildman–Crippen LogP) is 1.11. The van der Waals surface area contributed by atoms with Gasteiger partial charge in [-0.05, 0) is 40.0 Å². The van der Waals surface area contributed by atoms with Gasteiger partial charge >= 0.3 is 12.1 Å². The molecule has 0 aromatic rings. The molecule has 0 aromatic carbocycles. The van der Waals surface area contributed by atoms with Gasteiger partial charge in [-0.25, -0.2) is 15.1 Å². The van der Waals surface area contributed by atoms with Crippen LogP contribution in [0.15, 0.2) is 0 Å². The number of amides is 1. The second kappa shape index (κ2) is 7.88. The molecule has 0 spiro atoms. The zero-order valence-corrected chi connectivity index (χ0v) is 11.0. The summed E-state index contributed by atoms with van der Waals surface area (Å²) in [6.07, 6.45) is 0.738. The van der Waals surface area contributed by atoms with Crippen molar-refractivity contribution in [1.29, 1.82) is 0 Å². The van der Waals surface area contributed by atoms with Crippen LogP contribution in [0.1, 0.15) is 40.0 Å². The minimum atomic E-state index is -1.10. The normalized spacial score (nSPS) is 12.9. The van der Waals surface area contributed by atoms with Gasteiger partial charge < -0.3 is 20.4 Å². The Hall–Kier alpha value is -1.34. The van der Waals surface area contributed by atoms with Crippen molar-refractivity contribution < 1.29 is 24.6 Å². The minimum absolute atomic E-state index is 0.288. The van der Waals surface area contributed by atoms with Crippen molar-refractivity contribution in [3.05, 3.63) is 0 Å². The van der Waals surface area contributed by atoms with Crippen molar-refractivity contribution in [2.75, 3.05) is 6.54 Å². The summed E-state index contributed by atoms with van der Waals surface area (Å²) in [5.74, 6) is -1.10. The second-order valence-corrected chi connectivity index (χ2v) is 4.94. The topological polar surface area (TPSA) is 108 Å². The lowest BCUT2D eigenvalue weighted by Gasteiger charge is -2.22. The third-order valence-electron chi connectivity index (χ3n) is 2.02. The maximum absolute atomic E-state index is 11.4. The molecule has 0 aliphatic carbocycles. The van der Waals surface area contributed by atoms with Gasteiger partial charge in [0.15, 0.2) is 0 Å². The zero-order valence-electron chi connectivity index (χ0n) is 11.0. The number of carboxylic acid groups (broad SMARTS) is 1. The molecule has 106 valence electrons. The van der Waals surface area contributed by atoms with Crippen LogP contribution in [0.2, 0.25) is 0 Å². The molecular formula is C11H22N2O5. The van der Waals surface area contributed by atoms with E-state index in [0.29, 0.717) is 19.4 Å². The number of nitrogens with one attached hydrogen (secondary N) is 2. The number of carbonyl (C=O) groups is 2. The Morgan fingerprint density at radius 2 is 1.89 bits per heavy atom. The van der Waals surface area contributed by atoms with E-state index in [1.807, 2.05) is 5.48 Å². The SMILES string of the molecule is CC(C)(C)OC(=O)N[C@@H](CCCCNO)C(=O)O. The highest BCUT2D eigenvalue weighted by atomic mass is 16.6. The van der Waals surface area contributed by atoms with Crippen LogP contribution in [0.4, 0.5) is 4.79 Å². The van der Waals surface area contributed by atoms with Gasteiger partial charge in [0, 0.05) is 6.54 Å². The van der Waals surface area contributed by atoms with Crippen molar-refractivity contribution in [2.45, 2.75) is 51.7 Å². The highest BCUT2D eigenvalue weighted by molar-refractivity contribution is 5.79. The Morgan fingerprint density at radius 3 is 2.33 bits per heavy atom. The number of unbranched alkanes of at least 4 members (excludes halogenated alkanes) is 1. The van der Waals surface area contributed by atoms with E-state index in [-0.39, 0.29) is 6.42 Å². The zero-order chi connectivity index (χ0) is 14.2. The van der Waals surface area contributed by atoms with Crippen molar-refractivity contribution >= 4 is 12.1 Å². The molecule has 7 heteroatoms. The van der Waals surface area contributed by atoms with E-state index in [9.17, 15) is 9.59 Å². The quantitative estimate of drug-likeness (QED) is 0.404. The van der Waals surface area contributed by atoms with Crippen LogP contribution in [0.3, 0.4) is 0 Å². The van der Waals surface area contributed by atoms with Gasteiger partial charge in [-0.2, -0.15) is 0 Å². The summed E-state index contributed by atoms with van der Waals surface area (Å²) in [6.45, 7) is 5.50. The standard InChI is InChI=1S/C11H22N2O5/c1-11(2,3)18-10(16)13-8(9(14)15)6-4-5-7-12-17/h8,12,17H,4-7H2,1-3H3,(H,13,16)(H,14,15)/t8-/m0/s1. The molecule has 7 nitrogen and oxygen atoms in total. The van der Waals surface area contributed by atoms with Crippen molar-refractivity contribution in [3.8, 4) is 0 Å². The van der Waals surface area contributed by atoms with E-state index in [1.165, 1.54) is 0 Å². The largest absolute Gasteiger partial charge is 0.480 e. The van der Waals surface area contributed by atoms with E-state index in [1.54, 1.807) is 20.8 Å². The fraction of sp³-hybridized carbons (Fsp3) is 0.818. The number of hydrogen-bond acceptors (Lipinski definition) is 5. The number of ether oxygens (including phenoxy) is 1. The minimum Gasteiger partial charge on any atom is -0.480 e. The molecule has 0 heterocycles. The van der Waals surface area contributed by atoms with Gasteiger partial charge in [0.05, 0.1) is 0 Å². The first-order valence-electron chi connectivity index (χ1n) is 5.85. The Kier molecular flexibility index (Phi) is 7.30. The first-order valence-corrected chi connectivity index (χ1v) is 5.85. The Balaban J connectivity index is 4.11. The van der Waals surface area contributed by atoms with Crippen LogP contribution in [-0.4, -0.2) is 40.6 Å². The van der Waals surface area contributed by atoms with E-state index in [2.05, 4.69) is 5.32 Å². The van der Waals surface area contributed by atoms with Crippen LogP contribution in [0.25, 0.3) is 0 Å². The molecule has 0 aliphatic rings. The molecule has 0 fully saturated rings. The summed E-state index contributed by atoms with van der Waals surface area (Å²) >= 11 is 0.